The number of benzene rings is 1. The Hall–Kier alpha value is -0.890. The zero-order valence-corrected chi connectivity index (χ0v) is 12.0. The molecule has 1 nitrogen and oxygen atoms in total. The second-order valence-corrected chi connectivity index (χ2v) is 7.02. The molecule has 0 heterocycles. The zero-order chi connectivity index (χ0) is 13.5. The van der Waals surface area contributed by atoms with Gasteiger partial charge in [0.05, 0.1) is 0 Å². The topological polar surface area (TPSA) is 12.0 Å². The van der Waals surface area contributed by atoms with E-state index in [0.717, 1.165) is 0 Å². The van der Waals surface area contributed by atoms with Crippen LogP contribution in [0.5, 0.6) is 0 Å². The minimum absolute atomic E-state index is 0.134. The molecule has 0 amide bonds. The van der Waals surface area contributed by atoms with Gasteiger partial charge in [-0.25, -0.2) is 4.39 Å². The molecule has 104 valence electrons. The summed E-state index contributed by atoms with van der Waals surface area (Å²) in [4.78, 5) is 0. The highest BCUT2D eigenvalue weighted by atomic mass is 19.1. The van der Waals surface area contributed by atoms with Crippen molar-refractivity contribution in [2.24, 2.45) is 5.41 Å². The van der Waals surface area contributed by atoms with Crippen molar-refractivity contribution < 1.29 is 4.39 Å². The molecule has 0 aromatic heterocycles. The van der Waals surface area contributed by atoms with Gasteiger partial charge in [0.2, 0.25) is 0 Å². The van der Waals surface area contributed by atoms with E-state index in [-0.39, 0.29) is 5.82 Å². The van der Waals surface area contributed by atoms with Gasteiger partial charge in [0.15, 0.2) is 0 Å². The van der Waals surface area contributed by atoms with E-state index in [4.69, 9.17) is 0 Å². The molecule has 1 aromatic carbocycles. The second kappa shape index (κ2) is 4.90. The van der Waals surface area contributed by atoms with Gasteiger partial charge >= 0.3 is 0 Å². The van der Waals surface area contributed by atoms with E-state index in [1.165, 1.54) is 37.7 Å². The van der Waals surface area contributed by atoms with Crippen LogP contribution >= 0.6 is 0 Å². The van der Waals surface area contributed by atoms with Crippen LogP contribution in [0.1, 0.15) is 57.4 Å². The lowest BCUT2D eigenvalue weighted by Gasteiger charge is -2.41. The fraction of sp³-hybridized carbons (Fsp3) is 0.647. The molecule has 2 fully saturated rings. The first-order valence-electron chi connectivity index (χ1n) is 7.56. The van der Waals surface area contributed by atoms with Gasteiger partial charge in [-0.15, -0.1) is 0 Å². The van der Waals surface area contributed by atoms with E-state index < -0.39 is 0 Å². The normalized spacial score (nSPS) is 33.1. The fourth-order valence-electron chi connectivity index (χ4n) is 3.68. The highest BCUT2D eigenvalue weighted by Gasteiger charge is 2.38. The van der Waals surface area contributed by atoms with E-state index in [9.17, 15) is 4.39 Å². The summed E-state index contributed by atoms with van der Waals surface area (Å²) in [6.07, 6.45) is 6.44. The maximum absolute atomic E-state index is 12.9. The lowest BCUT2D eigenvalue weighted by molar-refractivity contribution is 0.202. The summed E-state index contributed by atoms with van der Waals surface area (Å²) >= 11 is 0. The maximum Gasteiger partial charge on any atom is 0.123 e. The Morgan fingerprint density at radius 3 is 2.42 bits per heavy atom. The van der Waals surface area contributed by atoms with Gasteiger partial charge in [-0.1, -0.05) is 32.4 Å². The van der Waals surface area contributed by atoms with Gasteiger partial charge in [-0.05, 0) is 54.7 Å². The first-order valence-corrected chi connectivity index (χ1v) is 7.56. The van der Waals surface area contributed by atoms with Crippen LogP contribution in [0.2, 0.25) is 0 Å². The van der Waals surface area contributed by atoms with Gasteiger partial charge in [0, 0.05) is 12.1 Å². The van der Waals surface area contributed by atoms with Crippen molar-refractivity contribution in [2.45, 2.75) is 64.0 Å². The summed E-state index contributed by atoms with van der Waals surface area (Å²) in [5, 5.41) is 3.84. The second-order valence-electron chi connectivity index (χ2n) is 7.02. The minimum Gasteiger partial charge on any atom is -0.311 e. The summed E-state index contributed by atoms with van der Waals surface area (Å²) in [5.41, 5.74) is 1.76. The monoisotopic (exact) mass is 261 g/mol. The molecule has 1 N–H and O–H groups in total. The molecular formula is C17H24FN. The minimum atomic E-state index is -0.134. The van der Waals surface area contributed by atoms with Crippen LogP contribution in [0, 0.1) is 11.2 Å². The van der Waals surface area contributed by atoms with E-state index in [1.54, 1.807) is 12.1 Å². The van der Waals surface area contributed by atoms with E-state index in [1.807, 2.05) is 12.1 Å². The highest BCUT2D eigenvalue weighted by molar-refractivity contribution is 5.23. The number of nitrogens with one attached hydrogen (secondary N) is 1. The van der Waals surface area contributed by atoms with Crippen molar-refractivity contribution in [1.82, 2.24) is 5.32 Å². The zero-order valence-electron chi connectivity index (χ0n) is 12.0. The fourth-order valence-corrected chi connectivity index (χ4v) is 3.68. The van der Waals surface area contributed by atoms with Crippen molar-refractivity contribution in [2.75, 3.05) is 0 Å². The van der Waals surface area contributed by atoms with Crippen molar-refractivity contribution in [3.8, 4) is 0 Å². The van der Waals surface area contributed by atoms with Crippen LogP contribution in [0.3, 0.4) is 0 Å². The Morgan fingerprint density at radius 2 is 1.84 bits per heavy atom. The Bertz CT molecular complexity index is 431. The van der Waals surface area contributed by atoms with Gasteiger partial charge in [0.1, 0.15) is 5.82 Å². The smallest absolute Gasteiger partial charge is 0.123 e. The molecule has 1 aromatic rings. The quantitative estimate of drug-likeness (QED) is 0.858. The SMILES string of the molecule is CC1(C)CCCC1NC1CC(c2ccc(F)cc2)C1. The lowest BCUT2D eigenvalue weighted by Crippen LogP contribution is -2.49. The average molecular weight is 261 g/mol. The van der Waals surface area contributed by atoms with E-state index in [2.05, 4.69) is 19.2 Å². The van der Waals surface area contributed by atoms with Crippen LogP contribution in [0.25, 0.3) is 0 Å². The summed E-state index contributed by atoms with van der Waals surface area (Å²) < 4.78 is 12.9. The maximum atomic E-state index is 12.9. The van der Waals surface area contributed by atoms with E-state index in [0.29, 0.717) is 23.4 Å². The summed E-state index contributed by atoms with van der Waals surface area (Å²) in [6.45, 7) is 4.77. The van der Waals surface area contributed by atoms with E-state index >= 15 is 0 Å². The Balaban J connectivity index is 1.52. The van der Waals surface area contributed by atoms with Crippen LogP contribution in [-0.2, 0) is 0 Å². The van der Waals surface area contributed by atoms with Crippen LogP contribution in [-0.4, -0.2) is 12.1 Å². The average Bonchev–Trinajstić information content (AvgIpc) is 2.64. The Kier molecular flexibility index (Phi) is 3.38. The molecule has 0 saturated heterocycles. The van der Waals surface area contributed by atoms with Crippen molar-refractivity contribution in [3.63, 3.8) is 0 Å². The number of halogens is 1. The summed E-state index contributed by atoms with van der Waals surface area (Å²) in [6, 6.07) is 8.39. The molecule has 2 heteroatoms. The number of hydrogen-bond acceptors (Lipinski definition) is 1. The molecule has 0 bridgehead atoms. The molecule has 2 saturated carbocycles. The van der Waals surface area contributed by atoms with Gasteiger partial charge < -0.3 is 5.32 Å². The van der Waals surface area contributed by atoms with Crippen LogP contribution in [0.4, 0.5) is 4.39 Å². The molecule has 1 unspecified atom stereocenters. The third-order valence-corrected chi connectivity index (χ3v) is 5.17. The van der Waals surface area contributed by atoms with Gasteiger partial charge in [0.25, 0.3) is 0 Å². The molecule has 0 spiro atoms. The third kappa shape index (κ3) is 2.69. The largest absolute Gasteiger partial charge is 0.311 e. The highest BCUT2D eigenvalue weighted by Crippen LogP contribution is 2.41. The first kappa shape index (κ1) is 13.1. The van der Waals surface area contributed by atoms with Crippen molar-refractivity contribution >= 4 is 0 Å². The van der Waals surface area contributed by atoms with Crippen LogP contribution < -0.4 is 5.32 Å². The Morgan fingerprint density at radius 1 is 1.16 bits per heavy atom. The number of hydrogen-bond donors (Lipinski definition) is 1. The molecule has 3 rings (SSSR count). The molecule has 2 aliphatic rings. The molecule has 0 aliphatic heterocycles. The summed E-state index contributed by atoms with van der Waals surface area (Å²) in [5.74, 6) is 0.494. The number of rotatable bonds is 3. The lowest BCUT2D eigenvalue weighted by atomic mass is 9.74. The third-order valence-electron chi connectivity index (χ3n) is 5.17. The predicted molar refractivity (Wildman–Crippen MR) is 76.7 cm³/mol. The Labute approximate surface area is 115 Å². The summed E-state index contributed by atoms with van der Waals surface area (Å²) in [7, 11) is 0. The molecular weight excluding hydrogens is 237 g/mol. The molecule has 2 aliphatic carbocycles. The van der Waals surface area contributed by atoms with Crippen molar-refractivity contribution in [3.05, 3.63) is 35.6 Å². The predicted octanol–water partition coefficient (Wildman–Crippen LogP) is 4.24. The van der Waals surface area contributed by atoms with Crippen LogP contribution in [0.15, 0.2) is 24.3 Å². The van der Waals surface area contributed by atoms with Crippen molar-refractivity contribution in [1.29, 1.82) is 0 Å². The standard InChI is InChI=1S/C17H24FN/c1-17(2)9-3-4-16(17)19-15-10-13(11-15)12-5-7-14(18)8-6-12/h5-8,13,15-16,19H,3-4,9-11H2,1-2H3. The van der Waals surface area contributed by atoms with Gasteiger partial charge in [-0.2, -0.15) is 0 Å². The van der Waals surface area contributed by atoms with Gasteiger partial charge in [-0.3, -0.25) is 0 Å². The first-order chi connectivity index (χ1) is 9.04. The molecule has 0 radical (unpaired) electrons. The molecule has 19 heavy (non-hydrogen) atoms. The molecule has 1 atom stereocenters.